The van der Waals surface area contributed by atoms with Crippen molar-refractivity contribution in [3.8, 4) is 0 Å². The number of morpholine rings is 1. The molecule has 0 bridgehead atoms. The summed E-state index contributed by atoms with van der Waals surface area (Å²) in [7, 11) is -4.00. The lowest BCUT2D eigenvalue weighted by Gasteiger charge is -2.27. The first-order chi connectivity index (χ1) is 18.7. The summed E-state index contributed by atoms with van der Waals surface area (Å²) in [5.41, 5.74) is 1.76. The molecule has 1 aliphatic rings. The molecule has 1 atom stereocenters. The van der Waals surface area contributed by atoms with Gasteiger partial charge in [0.1, 0.15) is 11.9 Å². The minimum absolute atomic E-state index is 0.278. The van der Waals surface area contributed by atoms with Gasteiger partial charge in [0.25, 0.3) is 5.91 Å². The van der Waals surface area contributed by atoms with Crippen LogP contribution in [0.5, 0.6) is 0 Å². The summed E-state index contributed by atoms with van der Waals surface area (Å²) in [6.45, 7) is 9.23. The second kappa shape index (κ2) is 14.8. The van der Waals surface area contributed by atoms with E-state index >= 15 is 0 Å². The van der Waals surface area contributed by atoms with E-state index in [1.165, 1.54) is 6.20 Å². The molecule has 2 heterocycles. The molecule has 214 valence electrons. The first kappa shape index (κ1) is 30.4. The van der Waals surface area contributed by atoms with Crippen LogP contribution in [0.3, 0.4) is 0 Å². The molecule has 2 aromatic rings. The molecule has 3 N–H and O–H groups in total. The lowest BCUT2D eigenvalue weighted by Crippen LogP contribution is -2.51. The molecule has 0 aliphatic carbocycles. The van der Waals surface area contributed by atoms with Gasteiger partial charge in [-0.3, -0.25) is 14.3 Å². The third-order valence-electron chi connectivity index (χ3n) is 6.42. The summed E-state index contributed by atoms with van der Waals surface area (Å²) < 4.78 is 33.9. The maximum absolute atomic E-state index is 13.0. The zero-order valence-corrected chi connectivity index (χ0v) is 23.9. The number of hydrogen-bond acceptors (Lipinski definition) is 7. The van der Waals surface area contributed by atoms with Gasteiger partial charge in [0.15, 0.2) is 0 Å². The minimum Gasteiger partial charge on any atom is -0.378 e. The Labute approximate surface area is 232 Å². The van der Waals surface area contributed by atoms with Crippen molar-refractivity contribution in [1.29, 1.82) is 0 Å². The summed E-state index contributed by atoms with van der Waals surface area (Å²) in [6, 6.07) is 9.26. The van der Waals surface area contributed by atoms with E-state index in [0.29, 0.717) is 44.3 Å². The van der Waals surface area contributed by atoms with Crippen LogP contribution in [0.15, 0.2) is 42.6 Å². The van der Waals surface area contributed by atoms with Gasteiger partial charge >= 0.3 is 0 Å². The molecule has 39 heavy (non-hydrogen) atoms. The van der Waals surface area contributed by atoms with Gasteiger partial charge < -0.3 is 20.3 Å². The molecule has 0 unspecified atom stereocenters. The van der Waals surface area contributed by atoms with Crippen LogP contribution < -0.4 is 20.3 Å². The fourth-order valence-corrected chi connectivity index (χ4v) is 5.34. The van der Waals surface area contributed by atoms with Crippen LogP contribution in [-0.2, 0) is 26.0 Å². The van der Waals surface area contributed by atoms with Gasteiger partial charge in [0.05, 0.1) is 30.9 Å². The molecule has 1 fully saturated rings. The summed E-state index contributed by atoms with van der Waals surface area (Å²) >= 11 is 0. The zero-order valence-electron chi connectivity index (χ0n) is 23.1. The number of pyridine rings is 1. The number of unbranched alkanes of at least 4 members (excludes halogenated alkanes) is 1. The van der Waals surface area contributed by atoms with Crippen LogP contribution in [0.4, 0.5) is 11.5 Å². The molecule has 0 radical (unpaired) electrons. The smallest absolute Gasteiger partial charge is 0.251 e. The first-order valence-corrected chi connectivity index (χ1v) is 15.3. The monoisotopic (exact) mass is 559 g/mol. The number of rotatable bonds is 14. The topological polar surface area (TPSA) is 130 Å². The van der Waals surface area contributed by atoms with E-state index in [1.54, 1.807) is 24.3 Å². The number of carbonyl (C=O) groups is 2. The number of nitrogens with one attached hydrogen (secondary N) is 3. The lowest BCUT2D eigenvalue weighted by atomic mass is 10.1. The molecule has 1 aromatic carbocycles. The average molecular weight is 560 g/mol. The Balaban J connectivity index is 1.68. The Morgan fingerprint density at radius 2 is 1.79 bits per heavy atom. The summed E-state index contributed by atoms with van der Waals surface area (Å²) in [5.74, 6) is -0.575. The first-order valence-electron chi connectivity index (χ1n) is 13.6. The number of aryl methyl sites for hydroxylation is 1. The normalized spacial score (nSPS) is 14.6. The molecule has 0 saturated carbocycles. The SMILES string of the molecule is CCCCc1ccc(C(=O)N[C@H](CS(=O)(=O)Nc2ccc(N3CCOCC3)nc2)C(=O)NCCC(C)C)cc1. The van der Waals surface area contributed by atoms with E-state index in [2.05, 4.69) is 32.2 Å². The van der Waals surface area contributed by atoms with E-state index in [-0.39, 0.29) is 5.69 Å². The van der Waals surface area contributed by atoms with Crippen molar-refractivity contribution < 1.29 is 22.7 Å². The molecule has 1 saturated heterocycles. The highest BCUT2D eigenvalue weighted by atomic mass is 32.2. The van der Waals surface area contributed by atoms with Gasteiger partial charge in [0.2, 0.25) is 15.9 Å². The van der Waals surface area contributed by atoms with Crippen molar-refractivity contribution in [2.45, 2.75) is 52.5 Å². The van der Waals surface area contributed by atoms with Crippen molar-refractivity contribution in [1.82, 2.24) is 15.6 Å². The van der Waals surface area contributed by atoms with Crippen molar-refractivity contribution >= 4 is 33.3 Å². The fraction of sp³-hybridized carbons (Fsp3) is 0.536. The van der Waals surface area contributed by atoms with E-state index in [0.717, 1.165) is 37.1 Å². The van der Waals surface area contributed by atoms with Crippen molar-refractivity contribution in [3.05, 3.63) is 53.7 Å². The van der Waals surface area contributed by atoms with Crippen LogP contribution in [0.1, 0.15) is 56.0 Å². The highest BCUT2D eigenvalue weighted by Crippen LogP contribution is 2.17. The largest absolute Gasteiger partial charge is 0.378 e. The van der Waals surface area contributed by atoms with E-state index in [9.17, 15) is 18.0 Å². The maximum Gasteiger partial charge on any atom is 0.251 e. The van der Waals surface area contributed by atoms with Crippen molar-refractivity contribution in [2.75, 3.05) is 48.2 Å². The van der Waals surface area contributed by atoms with Crippen LogP contribution in [0, 0.1) is 5.92 Å². The molecule has 1 aromatic heterocycles. The van der Waals surface area contributed by atoms with Gasteiger partial charge in [0, 0.05) is 25.2 Å². The molecule has 2 amide bonds. The lowest BCUT2D eigenvalue weighted by molar-refractivity contribution is -0.122. The Morgan fingerprint density at radius 1 is 1.08 bits per heavy atom. The predicted molar refractivity (Wildman–Crippen MR) is 153 cm³/mol. The number of hydrogen-bond donors (Lipinski definition) is 3. The number of amides is 2. The van der Waals surface area contributed by atoms with Crippen molar-refractivity contribution in [2.24, 2.45) is 5.92 Å². The van der Waals surface area contributed by atoms with Crippen LogP contribution >= 0.6 is 0 Å². The average Bonchev–Trinajstić information content (AvgIpc) is 2.92. The summed E-state index contributed by atoms with van der Waals surface area (Å²) in [6.07, 6.45) is 5.23. The highest BCUT2D eigenvalue weighted by Gasteiger charge is 2.28. The maximum atomic E-state index is 13.0. The van der Waals surface area contributed by atoms with Crippen molar-refractivity contribution in [3.63, 3.8) is 0 Å². The molecule has 3 rings (SSSR count). The minimum atomic E-state index is -4.00. The van der Waals surface area contributed by atoms with Crippen LogP contribution in [0.25, 0.3) is 0 Å². The van der Waals surface area contributed by atoms with Crippen LogP contribution in [0.2, 0.25) is 0 Å². The summed E-state index contributed by atoms with van der Waals surface area (Å²) in [4.78, 5) is 32.4. The number of aromatic nitrogens is 1. The second-order valence-electron chi connectivity index (χ2n) is 10.2. The molecule has 10 nitrogen and oxygen atoms in total. The molecule has 11 heteroatoms. The number of nitrogens with zero attached hydrogens (tertiary/aromatic N) is 2. The third kappa shape index (κ3) is 10.1. The van der Waals surface area contributed by atoms with E-state index in [4.69, 9.17) is 4.74 Å². The van der Waals surface area contributed by atoms with E-state index in [1.807, 2.05) is 26.0 Å². The van der Waals surface area contributed by atoms with Gasteiger partial charge in [-0.05, 0) is 55.0 Å². The quantitative estimate of drug-likeness (QED) is 0.324. The zero-order chi connectivity index (χ0) is 28.3. The number of sulfonamides is 1. The van der Waals surface area contributed by atoms with Gasteiger partial charge in [-0.15, -0.1) is 0 Å². The number of benzene rings is 1. The number of anilines is 2. The fourth-order valence-electron chi connectivity index (χ4n) is 4.10. The van der Waals surface area contributed by atoms with E-state index < -0.39 is 33.6 Å². The Kier molecular flexibility index (Phi) is 11.5. The van der Waals surface area contributed by atoms with Gasteiger partial charge in [-0.2, -0.15) is 0 Å². The number of ether oxygens (including phenoxy) is 1. The van der Waals surface area contributed by atoms with Gasteiger partial charge in [-0.1, -0.05) is 39.3 Å². The third-order valence-corrected chi connectivity index (χ3v) is 7.74. The standard InChI is InChI=1S/C28H41N5O5S/c1-4-5-6-22-7-9-23(10-8-22)27(34)31-25(28(35)29-14-13-21(2)3)20-39(36,37)32-24-11-12-26(30-19-24)33-15-17-38-18-16-33/h7-12,19,21,25,32H,4-6,13-18,20H2,1-3H3,(H,29,35)(H,31,34)/t25-/m1/s1. The predicted octanol–water partition coefficient (Wildman–Crippen LogP) is 2.96. The number of carbonyl (C=O) groups excluding carboxylic acids is 2. The molecule has 0 spiro atoms. The Morgan fingerprint density at radius 3 is 2.41 bits per heavy atom. The van der Waals surface area contributed by atoms with Crippen LogP contribution in [-0.4, -0.2) is 69.9 Å². The Hall–Kier alpha value is -3.18. The molecular formula is C28H41N5O5S. The van der Waals surface area contributed by atoms with Gasteiger partial charge in [-0.25, -0.2) is 13.4 Å². The molecular weight excluding hydrogens is 518 g/mol. The summed E-state index contributed by atoms with van der Waals surface area (Å²) in [5, 5.41) is 5.38. The Bertz CT molecular complexity index is 1160. The molecule has 1 aliphatic heterocycles. The highest BCUT2D eigenvalue weighted by molar-refractivity contribution is 7.92. The second-order valence-corrected chi connectivity index (χ2v) is 12.0.